The molecule has 7 heteroatoms. The van der Waals surface area contributed by atoms with Gasteiger partial charge in [0.2, 0.25) is 0 Å². The van der Waals surface area contributed by atoms with Crippen LogP contribution >= 0.6 is 0 Å². The van der Waals surface area contributed by atoms with E-state index in [1.54, 1.807) is 13.8 Å². The molecule has 1 rings (SSSR count). The van der Waals surface area contributed by atoms with Gasteiger partial charge in [-0.05, 0) is 37.6 Å². The Bertz CT molecular complexity index is 461. The van der Waals surface area contributed by atoms with Crippen molar-refractivity contribution in [2.75, 3.05) is 14.2 Å². The molecular formula is C13H16F5NO. The van der Waals surface area contributed by atoms with Gasteiger partial charge in [-0.3, -0.25) is 0 Å². The van der Waals surface area contributed by atoms with Crippen LogP contribution in [-0.2, 0) is 0 Å². The molecule has 0 heterocycles. The molecule has 0 saturated heterocycles. The molecule has 114 valence electrons. The molecule has 20 heavy (non-hydrogen) atoms. The molecule has 1 aromatic carbocycles. The van der Waals surface area contributed by atoms with Crippen LogP contribution in [0.15, 0.2) is 12.1 Å². The lowest BCUT2D eigenvalue weighted by Crippen LogP contribution is -2.47. The number of aryl methyl sites for hydroxylation is 2. The molecule has 0 bridgehead atoms. The number of halogens is 5. The molecule has 0 amide bonds. The van der Waals surface area contributed by atoms with Crippen LogP contribution in [0.25, 0.3) is 0 Å². The summed E-state index contributed by atoms with van der Waals surface area (Å²) < 4.78 is 69.5. The van der Waals surface area contributed by atoms with Gasteiger partial charge in [0.25, 0.3) is 0 Å². The summed E-state index contributed by atoms with van der Waals surface area (Å²) in [5.41, 5.74) is 0.868. The van der Waals surface area contributed by atoms with Crippen molar-refractivity contribution in [3.8, 4) is 5.75 Å². The van der Waals surface area contributed by atoms with Gasteiger partial charge in [-0.25, -0.2) is 0 Å². The first-order chi connectivity index (χ1) is 9.06. The number of benzene rings is 1. The van der Waals surface area contributed by atoms with E-state index < -0.39 is 18.1 Å². The summed E-state index contributed by atoms with van der Waals surface area (Å²) in [6.07, 6.45) is -5.62. The molecule has 0 aromatic heterocycles. The minimum absolute atomic E-state index is 0.134. The minimum atomic E-state index is -5.62. The quantitative estimate of drug-likeness (QED) is 0.854. The first kappa shape index (κ1) is 16.7. The van der Waals surface area contributed by atoms with E-state index in [2.05, 4.69) is 0 Å². The smallest absolute Gasteiger partial charge is 0.455 e. The average molecular weight is 297 g/mol. The van der Waals surface area contributed by atoms with Crippen molar-refractivity contribution < 1.29 is 26.7 Å². The van der Waals surface area contributed by atoms with Crippen LogP contribution < -0.4 is 10.1 Å². The third kappa shape index (κ3) is 2.87. The highest BCUT2D eigenvalue weighted by Gasteiger charge is 2.62. The number of alkyl halides is 5. The molecule has 0 fully saturated rings. The van der Waals surface area contributed by atoms with Gasteiger partial charge in [-0.2, -0.15) is 22.0 Å². The van der Waals surface area contributed by atoms with Crippen molar-refractivity contribution in [3.05, 3.63) is 28.8 Å². The van der Waals surface area contributed by atoms with Gasteiger partial charge in [0, 0.05) is 0 Å². The number of nitrogens with one attached hydrogen (secondary N) is 1. The summed E-state index contributed by atoms with van der Waals surface area (Å²) in [6.45, 7) is 3.18. The Morgan fingerprint density at radius 2 is 1.50 bits per heavy atom. The van der Waals surface area contributed by atoms with Crippen LogP contribution in [0.3, 0.4) is 0 Å². The third-order valence-corrected chi connectivity index (χ3v) is 3.05. The zero-order valence-corrected chi connectivity index (χ0v) is 11.5. The normalized spacial score (nSPS) is 14.2. The summed E-state index contributed by atoms with van der Waals surface area (Å²) in [4.78, 5) is 0. The Balaban J connectivity index is 3.34. The summed E-state index contributed by atoms with van der Waals surface area (Å²) in [5.74, 6) is -4.39. The van der Waals surface area contributed by atoms with E-state index in [0.29, 0.717) is 16.9 Å². The Kier molecular flexibility index (Phi) is 4.63. The second-order valence-electron chi connectivity index (χ2n) is 4.53. The molecule has 0 aliphatic rings. The molecular weight excluding hydrogens is 281 g/mol. The topological polar surface area (TPSA) is 21.3 Å². The molecule has 1 atom stereocenters. The van der Waals surface area contributed by atoms with E-state index in [9.17, 15) is 22.0 Å². The van der Waals surface area contributed by atoms with Crippen molar-refractivity contribution in [2.24, 2.45) is 0 Å². The maximum absolute atomic E-state index is 13.5. The molecule has 1 unspecified atom stereocenters. The van der Waals surface area contributed by atoms with Crippen molar-refractivity contribution in [1.29, 1.82) is 0 Å². The fraction of sp³-hybridized carbons (Fsp3) is 0.538. The lowest BCUT2D eigenvalue weighted by molar-refractivity contribution is -0.293. The first-order valence-electron chi connectivity index (χ1n) is 5.83. The summed E-state index contributed by atoms with van der Waals surface area (Å²) >= 11 is 0. The minimum Gasteiger partial charge on any atom is -0.496 e. The van der Waals surface area contributed by atoms with Crippen LogP contribution in [0, 0.1) is 13.8 Å². The zero-order valence-electron chi connectivity index (χ0n) is 11.5. The third-order valence-electron chi connectivity index (χ3n) is 3.05. The zero-order chi connectivity index (χ0) is 15.7. The van der Waals surface area contributed by atoms with Gasteiger partial charge in [-0.15, -0.1) is 0 Å². The van der Waals surface area contributed by atoms with Gasteiger partial charge < -0.3 is 10.1 Å². The fourth-order valence-electron chi connectivity index (χ4n) is 2.19. The maximum atomic E-state index is 13.5. The SMILES string of the molecule is CNC(c1cc(C)c(OC)c(C)c1)C(F)(F)C(F)(F)F. The van der Waals surface area contributed by atoms with Crippen LogP contribution in [-0.4, -0.2) is 26.3 Å². The molecule has 1 aromatic rings. The maximum Gasteiger partial charge on any atom is 0.455 e. The number of hydrogen-bond acceptors (Lipinski definition) is 2. The average Bonchev–Trinajstić information content (AvgIpc) is 2.27. The van der Waals surface area contributed by atoms with E-state index in [4.69, 9.17) is 4.74 Å². The molecule has 0 spiro atoms. The Hall–Kier alpha value is -1.37. The van der Waals surface area contributed by atoms with Gasteiger partial charge in [0.05, 0.1) is 7.11 Å². The van der Waals surface area contributed by atoms with E-state index in [-0.39, 0.29) is 5.56 Å². The molecule has 0 radical (unpaired) electrons. The molecule has 2 nitrogen and oxygen atoms in total. The van der Waals surface area contributed by atoms with Crippen molar-refractivity contribution in [3.63, 3.8) is 0 Å². The highest BCUT2D eigenvalue weighted by molar-refractivity contribution is 5.44. The van der Waals surface area contributed by atoms with Gasteiger partial charge in [0.15, 0.2) is 0 Å². The summed E-state index contributed by atoms with van der Waals surface area (Å²) in [5, 5.41) is 2.05. The van der Waals surface area contributed by atoms with E-state index in [1.165, 1.54) is 19.2 Å². The van der Waals surface area contributed by atoms with Gasteiger partial charge in [0.1, 0.15) is 11.8 Å². The number of methoxy groups -OCH3 is 1. The predicted molar refractivity (Wildman–Crippen MR) is 65.3 cm³/mol. The van der Waals surface area contributed by atoms with Crippen LogP contribution in [0.4, 0.5) is 22.0 Å². The second-order valence-corrected chi connectivity index (χ2v) is 4.53. The largest absolute Gasteiger partial charge is 0.496 e. The van der Waals surface area contributed by atoms with Crippen LogP contribution in [0.2, 0.25) is 0 Å². The van der Waals surface area contributed by atoms with Crippen LogP contribution in [0.1, 0.15) is 22.7 Å². The van der Waals surface area contributed by atoms with E-state index >= 15 is 0 Å². The molecule has 1 N–H and O–H groups in total. The molecule has 0 aliphatic carbocycles. The lowest BCUT2D eigenvalue weighted by Gasteiger charge is -2.29. The Morgan fingerprint density at radius 3 is 1.80 bits per heavy atom. The molecule has 0 saturated carbocycles. The summed E-state index contributed by atoms with van der Waals surface area (Å²) in [7, 11) is 2.48. The standard InChI is InChI=1S/C13H16F5NO/c1-7-5-9(6-8(2)10(7)20-4)11(19-3)12(14,15)13(16,17)18/h5-6,11,19H,1-4H3. The predicted octanol–water partition coefficient (Wildman–Crippen LogP) is 3.77. The number of ether oxygens (including phenoxy) is 1. The van der Waals surface area contributed by atoms with Gasteiger partial charge in [-0.1, -0.05) is 12.1 Å². The van der Waals surface area contributed by atoms with E-state index in [1.807, 2.05) is 5.32 Å². The fourth-order valence-corrected chi connectivity index (χ4v) is 2.19. The highest BCUT2D eigenvalue weighted by atomic mass is 19.4. The Labute approximate surface area is 113 Å². The monoisotopic (exact) mass is 297 g/mol. The van der Waals surface area contributed by atoms with Crippen molar-refractivity contribution in [1.82, 2.24) is 5.32 Å². The number of hydrogen-bond donors (Lipinski definition) is 1. The highest BCUT2D eigenvalue weighted by Crippen LogP contribution is 2.45. The summed E-state index contributed by atoms with van der Waals surface area (Å²) in [6, 6.07) is 0.394. The lowest BCUT2D eigenvalue weighted by atomic mass is 9.95. The Morgan fingerprint density at radius 1 is 1.05 bits per heavy atom. The van der Waals surface area contributed by atoms with Crippen molar-refractivity contribution in [2.45, 2.75) is 32.0 Å². The molecule has 0 aliphatic heterocycles. The van der Waals surface area contributed by atoms with Gasteiger partial charge >= 0.3 is 12.1 Å². The van der Waals surface area contributed by atoms with Crippen molar-refractivity contribution >= 4 is 0 Å². The number of rotatable bonds is 4. The second kappa shape index (κ2) is 5.55. The first-order valence-corrected chi connectivity index (χ1v) is 5.83. The van der Waals surface area contributed by atoms with E-state index in [0.717, 1.165) is 7.05 Å². The van der Waals surface area contributed by atoms with Crippen LogP contribution in [0.5, 0.6) is 5.75 Å².